The smallest absolute Gasteiger partial charge is 0.343 e. The molecule has 1 aromatic rings. The molecule has 0 atom stereocenters. The molecule has 2 rings (SSSR count). The summed E-state index contributed by atoms with van der Waals surface area (Å²) in [6, 6.07) is 7.16. The van der Waals surface area contributed by atoms with Gasteiger partial charge in [0.05, 0.1) is 20.8 Å². The SMILES string of the molecule is COC(=O)/C(=C1/NCCO1)c1ccc(OC)cc1. The minimum absolute atomic E-state index is 0.401. The van der Waals surface area contributed by atoms with Crippen molar-refractivity contribution in [1.82, 2.24) is 5.32 Å². The number of ether oxygens (including phenoxy) is 3. The van der Waals surface area contributed by atoms with E-state index in [4.69, 9.17) is 14.2 Å². The second kappa shape index (κ2) is 5.44. The quantitative estimate of drug-likeness (QED) is 0.643. The maximum atomic E-state index is 11.8. The van der Waals surface area contributed by atoms with Crippen molar-refractivity contribution in [3.63, 3.8) is 0 Å². The molecule has 96 valence electrons. The van der Waals surface area contributed by atoms with Gasteiger partial charge in [-0.1, -0.05) is 12.1 Å². The number of carbonyl (C=O) groups is 1. The van der Waals surface area contributed by atoms with Crippen LogP contribution in [-0.4, -0.2) is 33.3 Å². The van der Waals surface area contributed by atoms with E-state index in [9.17, 15) is 4.79 Å². The zero-order valence-electron chi connectivity index (χ0n) is 10.4. The monoisotopic (exact) mass is 249 g/mol. The molecule has 0 spiro atoms. The Morgan fingerprint density at radius 1 is 1.28 bits per heavy atom. The molecule has 0 radical (unpaired) electrons. The van der Waals surface area contributed by atoms with Crippen LogP contribution >= 0.6 is 0 Å². The van der Waals surface area contributed by atoms with Crippen molar-refractivity contribution in [3.05, 3.63) is 35.7 Å². The average molecular weight is 249 g/mol. The molecule has 1 fully saturated rings. The summed E-state index contributed by atoms with van der Waals surface area (Å²) >= 11 is 0. The predicted octanol–water partition coefficient (Wildman–Crippen LogP) is 1.16. The lowest BCUT2D eigenvalue weighted by Crippen LogP contribution is -2.14. The Labute approximate surface area is 105 Å². The average Bonchev–Trinajstić information content (AvgIpc) is 2.93. The Bertz CT molecular complexity index is 456. The molecule has 1 aromatic carbocycles. The summed E-state index contributed by atoms with van der Waals surface area (Å²) in [6.07, 6.45) is 0. The van der Waals surface area contributed by atoms with Gasteiger partial charge >= 0.3 is 5.97 Å². The molecule has 0 aliphatic carbocycles. The van der Waals surface area contributed by atoms with Crippen LogP contribution in [0.4, 0.5) is 0 Å². The molecule has 1 N–H and O–H groups in total. The Kier molecular flexibility index (Phi) is 3.72. The molecule has 1 heterocycles. The summed E-state index contributed by atoms with van der Waals surface area (Å²) in [5.41, 5.74) is 1.13. The topological polar surface area (TPSA) is 56.8 Å². The summed E-state index contributed by atoms with van der Waals surface area (Å²) in [5.74, 6) is 0.768. The standard InChI is InChI=1S/C13H15NO4/c1-16-10-5-3-9(4-6-10)11(13(15)17-2)12-14-7-8-18-12/h3-6,14H,7-8H2,1-2H3/b12-11-. The van der Waals surface area contributed by atoms with E-state index in [-0.39, 0.29) is 0 Å². The van der Waals surface area contributed by atoms with Crippen LogP contribution in [0.5, 0.6) is 5.75 Å². The summed E-state index contributed by atoms with van der Waals surface area (Å²) in [7, 11) is 2.94. The van der Waals surface area contributed by atoms with Crippen LogP contribution in [0, 0.1) is 0 Å². The third-order valence-corrected chi connectivity index (χ3v) is 2.63. The van der Waals surface area contributed by atoms with Crippen molar-refractivity contribution < 1.29 is 19.0 Å². The third kappa shape index (κ3) is 2.40. The molecule has 0 unspecified atom stereocenters. The van der Waals surface area contributed by atoms with Gasteiger partial charge in [0.1, 0.15) is 17.9 Å². The van der Waals surface area contributed by atoms with Gasteiger partial charge < -0.3 is 19.5 Å². The Balaban J connectivity index is 2.39. The Hall–Kier alpha value is -2.17. The van der Waals surface area contributed by atoms with Gasteiger partial charge in [-0.2, -0.15) is 0 Å². The second-order valence-corrected chi connectivity index (χ2v) is 3.70. The minimum atomic E-state index is -0.426. The molecule has 0 saturated carbocycles. The number of esters is 1. The molecule has 1 saturated heterocycles. The van der Waals surface area contributed by atoms with Crippen LogP contribution in [0.15, 0.2) is 30.1 Å². The lowest BCUT2D eigenvalue weighted by Gasteiger charge is -2.10. The molecule has 1 aliphatic heterocycles. The van der Waals surface area contributed by atoms with E-state index in [1.54, 1.807) is 31.4 Å². The van der Waals surface area contributed by atoms with Crippen molar-refractivity contribution in [3.8, 4) is 5.75 Å². The highest BCUT2D eigenvalue weighted by molar-refractivity contribution is 6.17. The Morgan fingerprint density at radius 3 is 2.50 bits per heavy atom. The summed E-state index contributed by atoms with van der Waals surface area (Å²) < 4.78 is 15.3. The number of nitrogens with one attached hydrogen (secondary N) is 1. The van der Waals surface area contributed by atoms with E-state index in [0.29, 0.717) is 24.6 Å². The molecule has 5 nitrogen and oxygen atoms in total. The van der Waals surface area contributed by atoms with E-state index in [1.165, 1.54) is 7.11 Å². The molecule has 1 aliphatic rings. The van der Waals surface area contributed by atoms with Crippen LogP contribution in [0.2, 0.25) is 0 Å². The van der Waals surface area contributed by atoms with Crippen molar-refractivity contribution in [2.45, 2.75) is 0 Å². The molecule has 18 heavy (non-hydrogen) atoms. The first kappa shape index (κ1) is 12.3. The first-order valence-corrected chi connectivity index (χ1v) is 5.60. The number of benzene rings is 1. The summed E-state index contributed by atoms with van der Waals surface area (Å²) in [5, 5.41) is 3.02. The number of methoxy groups -OCH3 is 2. The van der Waals surface area contributed by atoms with Crippen molar-refractivity contribution >= 4 is 11.5 Å². The van der Waals surface area contributed by atoms with Gasteiger partial charge in [-0.3, -0.25) is 0 Å². The zero-order valence-corrected chi connectivity index (χ0v) is 10.4. The summed E-state index contributed by atoms with van der Waals surface area (Å²) in [6.45, 7) is 1.23. The van der Waals surface area contributed by atoms with Crippen LogP contribution in [0.1, 0.15) is 5.56 Å². The number of carbonyl (C=O) groups excluding carboxylic acids is 1. The van der Waals surface area contributed by atoms with Crippen LogP contribution < -0.4 is 10.1 Å². The fourth-order valence-electron chi connectivity index (χ4n) is 1.73. The number of hydrogen-bond acceptors (Lipinski definition) is 5. The summed E-state index contributed by atoms with van der Waals surface area (Å²) in [4.78, 5) is 11.8. The van der Waals surface area contributed by atoms with Crippen LogP contribution in [0.3, 0.4) is 0 Å². The van der Waals surface area contributed by atoms with Gasteiger partial charge in [-0.05, 0) is 17.7 Å². The van der Waals surface area contributed by atoms with E-state index < -0.39 is 5.97 Å². The highest BCUT2D eigenvalue weighted by Gasteiger charge is 2.22. The van der Waals surface area contributed by atoms with Crippen molar-refractivity contribution in [2.24, 2.45) is 0 Å². The van der Waals surface area contributed by atoms with Gasteiger partial charge in [-0.25, -0.2) is 4.79 Å². The largest absolute Gasteiger partial charge is 0.497 e. The second-order valence-electron chi connectivity index (χ2n) is 3.70. The van der Waals surface area contributed by atoms with Gasteiger partial charge in [0.15, 0.2) is 0 Å². The lowest BCUT2D eigenvalue weighted by molar-refractivity contribution is -0.133. The normalized spacial score (nSPS) is 16.6. The van der Waals surface area contributed by atoms with Gasteiger partial charge in [0, 0.05) is 0 Å². The number of hydrogen-bond donors (Lipinski definition) is 1. The fraction of sp³-hybridized carbons (Fsp3) is 0.308. The highest BCUT2D eigenvalue weighted by Crippen LogP contribution is 2.23. The molecular weight excluding hydrogens is 234 g/mol. The van der Waals surface area contributed by atoms with Crippen LogP contribution in [-0.2, 0) is 14.3 Å². The first-order chi connectivity index (χ1) is 8.76. The predicted molar refractivity (Wildman–Crippen MR) is 65.9 cm³/mol. The third-order valence-electron chi connectivity index (χ3n) is 2.63. The molecule has 0 aromatic heterocycles. The highest BCUT2D eigenvalue weighted by atomic mass is 16.5. The van der Waals surface area contributed by atoms with E-state index in [0.717, 1.165) is 11.3 Å². The van der Waals surface area contributed by atoms with Crippen molar-refractivity contribution in [2.75, 3.05) is 27.4 Å². The molecule has 0 amide bonds. The maximum absolute atomic E-state index is 11.8. The lowest BCUT2D eigenvalue weighted by atomic mass is 10.1. The van der Waals surface area contributed by atoms with Gasteiger partial charge in [0.25, 0.3) is 0 Å². The Morgan fingerprint density at radius 2 is 2.00 bits per heavy atom. The number of rotatable bonds is 3. The van der Waals surface area contributed by atoms with Gasteiger partial charge in [-0.15, -0.1) is 0 Å². The van der Waals surface area contributed by atoms with Gasteiger partial charge in [0.2, 0.25) is 5.88 Å². The first-order valence-electron chi connectivity index (χ1n) is 5.60. The molecule has 5 heteroatoms. The maximum Gasteiger partial charge on any atom is 0.343 e. The van der Waals surface area contributed by atoms with E-state index in [1.807, 2.05) is 0 Å². The van der Waals surface area contributed by atoms with Crippen LogP contribution in [0.25, 0.3) is 5.57 Å². The molecule has 0 bridgehead atoms. The van der Waals surface area contributed by atoms with E-state index >= 15 is 0 Å². The van der Waals surface area contributed by atoms with Crippen molar-refractivity contribution in [1.29, 1.82) is 0 Å². The minimum Gasteiger partial charge on any atom is -0.497 e. The zero-order chi connectivity index (χ0) is 13.0. The fourth-order valence-corrected chi connectivity index (χ4v) is 1.73. The van der Waals surface area contributed by atoms with E-state index in [2.05, 4.69) is 5.32 Å². The molecular formula is C13H15NO4.